The lowest BCUT2D eigenvalue weighted by Gasteiger charge is -2.25. The van der Waals surface area contributed by atoms with E-state index >= 15 is 0 Å². The van der Waals surface area contributed by atoms with Crippen molar-refractivity contribution in [3.8, 4) is 0 Å². The average Bonchev–Trinajstić information content (AvgIpc) is 3.14. The van der Waals surface area contributed by atoms with Crippen LogP contribution < -0.4 is 5.32 Å². The number of carbonyl (C=O) groups excluding carboxylic acids is 1. The molecular formula is C16H22N4O2. The van der Waals surface area contributed by atoms with Crippen LogP contribution in [-0.2, 0) is 24.2 Å². The monoisotopic (exact) mass is 302 g/mol. The van der Waals surface area contributed by atoms with Gasteiger partial charge in [0.15, 0.2) is 0 Å². The SMILES string of the molecule is CC(C)c1nnc2n1C[C@H](NC(=O)CCc1ccco1)CC2. The first kappa shape index (κ1) is 14.8. The van der Waals surface area contributed by atoms with Gasteiger partial charge in [0.05, 0.1) is 6.26 Å². The summed E-state index contributed by atoms with van der Waals surface area (Å²) < 4.78 is 7.41. The number of fused-ring (bicyclic) bond motifs is 1. The maximum absolute atomic E-state index is 12.1. The van der Waals surface area contributed by atoms with Gasteiger partial charge in [0.2, 0.25) is 5.91 Å². The summed E-state index contributed by atoms with van der Waals surface area (Å²) in [7, 11) is 0. The molecule has 0 unspecified atom stereocenters. The van der Waals surface area contributed by atoms with Gasteiger partial charge in [-0.3, -0.25) is 4.79 Å². The second-order valence-corrected chi connectivity index (χ2v) is 6.12. The highest BCUT2D eigenvalue weighted by atomic mass is 16.3. The largest absolute Gasteiger partial charge is 0.469 e. The van der Waals surface area contributed by atoms with Crippen LogP contribution in [0.15, 0.2) is 22.8 Å². The number of aryl methyl sites for hydroxylation is 2. The molecule has 6 heteroatoms. The number of hydrogen-bond acceptors (Lipinski definition) is 4. The van der Waals surface area contributed by atoms with Gasteiger partial charge in [0.1, 0.15) is 17.4 Å². The highest BCUT2D eigenvalue weighted by Gasteiger charge is 2.24. The quantitative estimate of drug-likeness (QED) is 0.917. The van der Waals surface area contributed by atoms with Crippen molar-refractivity contribution in [3.05, 3.63) is 35.8 Å². The molecule has 3 heterocycles. The topological polar surface area (TPSA) is 73.0 Å². The molecule has 1 aliphatic rings. The fourth-order valence-electron chi connectivity index (χ4n) is 2.88. The van der Waals surface area contributed by atoms with Crippen LogP contribution in [0.1, 0.15) is 50.0 Å². The summed E-state index contributed by atoms with van der Waals surface area (Å²) in [6.07, 6.45) is 4.51. The van der Waals surface area contributed by atoms with Crippen molar-refractivity contribution in [2.45, 2.75) is 58.0 Å². The first-order chi connectivity index (χ1) is 10.6. The van der Waals surface area contributed by atoms with Crippen LogP contribution in [0.5, 0.6) is 0 Å². The molecule has 0 spiro atoms. The molecule has 0 saturated carbocycles. The zero-order valence-electron chi connectivity index (χ0n) is 13.1. The van der Waals surface area contributed by atoms with E-state index in [0.29, 0.717) is 18.8 Å². The van der Waals surface area contributed by atoms with Crippen LogP contribution in [0.2, 0.25) is 0 Å². The van der Waals surface area contributed by atoms with E-state index in [1.54, 1.807) is 6.26 Å². The van der Waals surface area contributed by atoms with E-state index in [1.165, 1.54) is 0 Å². The first-order valence-corrected chi connectivity index (χ1v) is 7.87. The van der Waals surface area contributed by atoms with Crippen molar-refractivity contribution < 1.29 is 9.21 Å². The Hall–Kier alpha value is -2.11. The first-order valence-electron chi connectivity index (χ1n) is 7.87. The minimum Gasteiger partial charge on any atom is -0.469 e. The Balaban J connectivity index is 1.55. The molecule has 3 rings (SSSR count). The van der Waals surface area contributed by atoms with E-state index < -0.39 is 0 Å². The molecule has 22 heavy (non-hydrogen) atoms. The van der Waals surface area contributed by atoms with E-state index in [1.807, 2.05) is 12.1 Å². The molecule has 2 aromatic rings. The minimum atomic E-state index is 0.0732. The Morgan fingerprint density at radius 1 is 1.50 bits per heavy atom. The van der Waals surface area contributed by atoms with Crippen LogP contribution in [0, 0.1) is 0 Å². The minimum absolute atomic E-state index is 0.0732. The van der Waals surface area contributed by atoms with Crippen LogP contribution in [-0.4, -0.2) is 26.7 Å². The lowest BCUT2D eigenvalue weighted by Crippen LogP contribution is -2.41. The van der Waals surface area contributed by atoms with Crippen LogP contribution in [0.25, 0.3) is 0 Å². The smallest absolute Gasteiger partial charge is 0.220 e. The van der Waals surface area contributed by atoms with E-state index in [2.05, 4.69) is 33.9 Å². The third kappa shape index (κ3) is 3.21. The predicted molar refractivity (Wildman–Crippen MR) is 81.4 cm³/mol. The molecule has 1 atom stereocenters. The van der Waals surface area contributed by atoms with Crippen molar-refractivity contribution in [1.82, 2.24) is 20.1 Å². The normalized spacial score (nSPS) is 17.5. The van der Waals surface area contributed by atoms with E-state index in [0.717, 1.165) is 36.8 Å². The van der Waals surface area contributed by atoms with Gasteiger partial charge >= 0.3 is 0 Å². The second-order valence-electron chi connectivity index (χ2n) is 6.12. The van der Waals surface area contributed by atoms with Crippen LogP contribution in [0.3, 0.4) is 0 Å². The average molecular weight is 302 g/mol. The van der Waals surface area contributed by atoms with Gasteiger partial charge in [0, 0.05) is 37.8 Å². The van der Waals surface area contributed by atoms with Gasteiger partial charge in [-0.1, -0.05) is 13.8 Å². The summed E-state index contributed by atoms with van der Waals surface area (Å²) >= 11 is 0. The van der Waals surface area contributed by atoms with Crippen LogP contribution in [0.4, 0.5) is 0 Å². The van der Waals surface area contributed by atoms with Gasteiger partial charge in [-0.25, -0.2) is 0 Å². The van der Waals surface area contributed by atoms with Crippen molar-refractivity contribution in [3.63, 3.8) is 0 Å². The molecule has 1 amide bonds. The lowest BCUT2D eigenvalue weighted by atomic mass is 10.1. The highest BCUT2D eigenvalue weighted by Crippen LogP contribution is 2.20. The van der Waals surface area contributed by atoms with E-state index in [-0.39, 0.29) is 11.9 Å². The maximum atomic E-state index is 12.1. The van der Waals surface area contributed by atoms with E-state index in [9.17, 15) is 4.79 Å². The summed E-state index contributed by atoms with van der Waals surface area (Å²) in [6.45, 7) is 4.99. The number of nitrogens with one attached hydrogen (secondary N) is 1. The standard InChI is InChI=1S/C16H22N4O2/c1-11(2)16-19-18-14-7-5-12(10-20(14)16)17-15(21)8-6-13-4-3-9-22-13/h3-4,9,11-12H,5-8,10H2,1-2H3,(H,17,21)/t12-/m1/s1. The Morgan fingerprint density at radius 3 is 3.09 bits per heavy atom. The van der Waals surface area contributed by atoms with E-state index in [4.69, 9.17) is 4.42 Å². The third-order valence-electron chi connectivity index (χ3n) is 4.04. The third-order valence-corrected chi connectivity index (χ3v) is 4.04. The van der Waals surface area contributed by atoms with Gasteiger partial charge < -0.3 is 14.3 Å². The van der Waals surface area contributed by atoms with Crippen molar-refractivity contribution in [1.29, 1.82) is 0 Å². The second kappa shape index (κ2) is 6.34. The van der Waals surface area contributed by atoms with Gasteiger partial charge in [-0.2, -0.15) is 0 Å². The number of nitrogens with zero attached hydrogens (tertiary/aromatic N) is 3. The zero-order chi connectivity index (χ0) is 15.5. The molecular weight excluding hydrogens is 280 g/mol. The summed E-state index contributed by atoms with van der Waals surface area (Å²) in [5.41, 5.74) is 0. The number of rotatable bonds is 5. The molecule has 0 aromatic carbocycles. The Bertz CT molecular complexity index is 631. The summed E-state index contributed by atoms with van der Waals surface area (Å²) in [6, 6.07) is 3.90. The summed E-state index contributed by atoms with van der Waals surface area (Å²) in [4.78, 5) is 12.1. The molecule has 2 aromatic heterocycles. The Labute approximate surface area is 129 Å². The summed E-state index contributed by atoms with van der Waals surface area (Å²) in [5.74, 6) is 3.30. The molecule has 0 radical (unpaired) electrons. The molecule has 1 N–H and O–H groups in total. The molecule has 6 nitrogen and oxygen atoms in total. The fourth-order valence-corrected chi connectivity index (χ4v) is 2.88. The number of amides is 1. The lowest BCUT2D eigenvalue weighted by molar-refractivity contribution is -0.122. The molecule has 118 valence electrons. The molecule has 0 fully saturated rings. The number of aromatic nitrogens is 3. The molecule has 0 saturated heterocycles. The molecule has 0 aliphatic carbocycles. The fraction of sp³-hybridized carbons (Fsp3) is 0.562. The number of hydrogen-bond donors (Lipinski definition) is 1. The highest BCUT2D eigenvalue weighted by molar-refractivity contribution is 5.76. The summed E-state index contributed by atoms with van der Waals surface area (Å²) in [5, 5.41) is 11.6. The van der Waals surface area contributed by atoms with Gasteiger partial charge in [-0.15, -0.1) is 10.2 Å². The Morgan fingerprint density at radius 2 is 2.36 bits per heavy atom. The van der Waals surface area contributed by atoms with Crippen molar-refractivity contribution in [2.24, 2.45) is 0 Å². The van der Waals surface area contributed by atoms with Crippen molar-refractivity contribution in [2.75, 3.05) is 0 Å². The molecule has 1 aliphatic heterocycles. The molecule has 0 bridgehead atoms. The van der Waals surface area contributed by atoms with Gasteiger partial charge in [-0.05, 0) is 18.6 Å². The maximum Gasteiger partial charge on any atom is 0.220 e. The predicted octanol–water partition coefficient (Wildman–Crippen LogP) is 2.06. The number of furan rings is 1. The van der Waals surface area contributed by atoms with Crippen LogP contribution >= 0.6 is 0 Å². The Kier molecular flexibility index (Phi) is 4.27. The number of carbonyl (C=O) groups is 1. The zero-order valence-corrected chi connectivity index (χ0v) is 13.1. The van der Waals surface area contributed by atoms with Gasteiger partial charge in [0.25, 0.3) is 0 Å². The van der Waals surface area contributed by atoms with Crippen molar-refractivity contribution >= 4 is 5.91 Å².